The lowest BCUT2D eigenvalue weighted by atomic mass is 10.4. The van der Waals surface area contributed by atoms with Gasteiger partial charge in [-0.1, -0.05) is 6.08 Å². The van der Waals surface area contributed by atoms with E-state index in [0.29, 0.717) is 6.04 Å². The minimum absolute atomic E-state index is 0.301. The minimum atomic E-state index is 0.301. The third-order valence-corrected chi connectivity index (χ3v) is 1.96. The number of hydrogen-bond acceptors (Lipinski definition) is 1. The largest absolute Gasteiger partial charge is 0.319 e. The number of aryl methyl sites for hydroxylation is 2. The SMILES string of the molecule is C=CC(C)Nn1c(C)ccc1C. The number of aromatic nitrogens is 1. The molecule has 0 bridgehead atoms. The highest BCUT2D eigenvalue weighted by Crippen LogP contribution is 2.04. The van der Waals surface area contributed by atoms with E-state index in [2.05, 4.69) is 49.6 Å². The second kappa shape index (κ2) is 3.48. The van der Waals surface area contributed by atoms with Crippen molar-refractivity contribution in [3.8, 4) is 0 Å². The molecule has 0 aliphatic heterocycles. The molecular formula is C10H16N2. The third kappa shape index (κ3) is 1.70. The Bertz CT molecular complexity index is 254. The summed E-state index contributed by atoms with van der Waals surface area (Å²) in [4.78, 5) is 0. The average molecular weight is 164 g/mol. The van der Waals surface area contributed by atoms with Crippen LogP contribution in [-0.2, 0) is 0 Å². The monoisotopic (exact) mass is 164 g/mol. The van der Waals surface area contributed by atoms with Crippen molar-refractivity contribution in [3.05, 3.63) is 36.2 Å². The molecule has 1 rings (SSSR count). The van der Waals surface area contributed by atoms with Gasteiger partial charge in [0.1, 0.15) is 0 Å². The maximum absolute atomic E-state index is 3.72. The summed E-state index contributed by atoms with van der Waals surface area (Å²) in [6.45, 7) is 9.96. The smallest absolute Gasteiger partial charge is 0.0573 e. The van der Waals surface area contributed by atoms with Crippen LogP contribution < -0.4 is 5.43 Å². The van der Waals surface area contributed by atoms with E-state index in [0.717, 1.165) is 0 Å². The van der Waals surface area contributed by atoms with E-state index >= 15 is 0 Å². The quantitative estimate of drug-likeness (QED) is 0.678. The number of hydrogen-bond donors (Lipinski definition) is 1. The van der Waals surface area contributed by atoms with Crippen LogP contribution in [0.3, 0.4) is 0 Å². The molecule has 1 aromatic rings. The first-order chi connectivity index (χ1) is 5.65. The van der Waals surface area contributed by atoms with Crippen molar-refractivity contribution in [1.29, 1.82) is 0 Å². The molecule has 66 valence electrons. The molecule has 2 nitrogen and oxygen atoms in total. The van der Waals surface area contributed by atoms with Crippen LogP contribution in [0.4, 0.5) is 0 Å². The van der Waals surface area contributed by atoms with Crippen LogP contribution in [0, 0.1) is 13.8 Å². The van der Waals surface area contributed by atoms with Crippen LogP contribution in [0.5, 0.6) is 0 Å². The topological polar surface area (TPSA) is 17.0 Å². The van der Waals surface area contributed by atoms with Crippen LogP contribution >= 0.6 is 0 Å². The van der Waals surface area contributed by atoms with Crippen LogP contribution in [-0.4, -0.2) is 10.7 Å². The van der Waals surface area contributed by atoms with Crippen molar-refractivity contribution in [2.24, 2.45) is 0 Å². The van der Waals surface area contributed by atoms with Crippen molar-refractivity contribution in [1.82, 2.24) is 4.68 Å². The maximum atomic E-state index is 3.72. The lowest BCUT2D eigenvalue weighted by molar-refractivity contribution is 0.749. The zero-order chi connectivity index (χ0) is 9.14. The van der Waals surface area contributed by atoms with Crippen LogP contribution in [0.25, 0.3) is 0 Å². The normalized spacial score (nSPS) is 12.6. The summed E-state index contributed by atoms with van der Waals surface area (Å²) < 4.78 is 2.08. The Balaban J connectivity index is 2.80. The van der Waals surface area contributed by atoms with E-state index < -0.39 is 0 Å². The first-order valence-corrected chi connectivity index (χ1v) is 4.19. The number of nitrogens with zero attached hydrogens (tertiary/aromatic N) is 1. The Kier molecular flexibility index (Phi) is 2.58. The predicted molar refractivity (Wildman–Crippen MR) is 52.9 cm³/mol. The Morgan fingerprint density at radius 1 is 1.42 bits per heavy atom. The summed E-state index contributed by atoms with van der Waals surface area (Å²) in [7, 11) is 0. The van der Waals surface area contributed by atoms with Gasteiger partial charge in [0.25, 0.3) is 0 Å². The molecule has 1 heterocycles. The van der Waals surface area contributed by atoms with Crippen molar-refractivity contribution in [2.75, 3.05) is 5.43 Å². The molecule has 0 spiro atoms. The van der Waals surface area contributed by atoms with E-state index in [1.165, 1.54) is 11.4 Å². The van der Waals surface area contributed by atoms with E-state index in [9.17, 15) is 0 Å². The second-order valence-corrected chi connectivity index (χ2v) is 3.10. The Hall–Kier alpha value is -1.18. The average Bonchev–Trinajstić information content (AvgIpc) is 2.35. The highest BCUT2D eigenvalue weighted by Gasteiger charge is 2.01. The molecule has 0 saturated carbocycles. The fraction of sp³-hybridized carbons (Fsp3) is 0.400. The fourth-order valence-electron chi connectivity index (χ4n) is 1.13. The van der Waals surface area contributed by atoms with Gasteiger partial charge >= 0.3 is 0 Å². The molecular weight excluding hydrogens is 148 g/mol. The third-order valence-electron chi connectivity index (χ3n) is 1.96. The first kappa shape index (κ1) is 8.91. The Morgan fingerprint density at radius 2 is 1.92 bits per heavy atom. The Labute approximate surface area is 73.9 Å². The molecule has 2 heteroatoms. The van der Waals surface area contributed by atoms with Crippen LogP contribution in [0.1, 0.15) is 18.3 Å². The van der Waals surface area contributed by atoms with Gasteiger partial charge in [-0.05, 0) is 32.9 Å². The second-order valence-electron chi connectivity index (χ2n) is 3.10. The molecule has 0 radical (unpaired) electrons. The lowest BCUT2D eigenvalue weighted by Crippen LogP contribution is -2.24. The molecule has 1 N–H and O–H groups in total. The summed E-state index contributed by atoms with van der Waals surface area (Å²) in [6, 6.07) is 4.49. The molecule has 0 aliphatic carbocycles. The molecule has 0 aliphatic rings. The molecule has 1 aromatic heterocycles. The molecule has 0 amide bonds. The molecule has 0 aromatic carbocycles. The van der Waals surface area contributed by atoms with Gasteiger partial charge in [0.15, 0.2) is 0 Å². The lowest BCUT2D eigenvalue weighted by Gasteiger charge is -2.16. The summed E-state index contributed by atoms with van der Waals surface area (Å²) >= 11 is 0. The highest BCUT2D eigenvalue weighted by molar-refractivity contribution is 5.16. The standard InChI is InChI=1S/C10H16N2/c1-5-8(2)11-12-9(3)6-7-10(12)4/h5-8,11H,1H2,2-4H3. The Morgan fingerprint density at radius 3 is 2.33 bits per heavy atom. The molecule has 0 saturated heterocycles. The molecule has 12 heavy (non-hydrogen) atoms. The zero-order valence-electron chi connectivity index (χ0n) is 7.96. The van der Waals surface area contributed by atoms with E-state index in [1.807, 2.05) is 6.08 Å². The summed E-state index contributed by atoms with van der Waals surface area (Å²) in [5, 5.41) is 0. The van der Waals surface area contributed by atoms with Gasteiger partial charge in [0.2, 0.25) is 0 Å². The minimum Gasteiger partial charge on any atom is -0.319 e. The fourth-order valence-corrected chi connectivity index (χ4v) is 1.13. The highest BCUT2D eigenvalue weighted by atomic mass is 15.4. The van der Waals surface area contributed by atoms with Crippen molar-refractivity contribution in [2.45, 2.75) is 26.8 Å². The number of rotatable bonds is 3. The van der Waals surface area contributed by atoms with Gasteiger partial charge in [-0.25, -0.2) is 0 Å². The number of nitrogens with one attached hydrogen (secondary N) is 1. The summed E-state index contributed by atoms with van der Waals surface area (Å²) in [6.07, 6.45) is 1.89. The molecule has 1 atom stereocenters. The van der Waals surface area contributed by atoms with E-state index in [1.54, 1.807) is 0 Å². The zero-order valence-corrected chi connectivity index (χ0v) is 7.96. The molecule has 0 fully saturated rings. The van der Waals surface area contributed by atoms with Gasteiger partial charge < -0.3 is 5.43 Å². The van der Waals surface area contributed by atoms with Gasteiger partial charge in [-0.15, -0.1) is 6.58 Å². The van der Waals surface area contributed by atoms with Crippen molar-refractivity contribution in [3.63, 3.8) is 0 Å². The van der Waals surface area contributed by atoms with Crippen molar-refractivity contribution >= 4 is 0 Å². The first-order valence-electron chi connectivity index (χ1n) is 4.19. The van der Waals surface area contributed by atoms with Gasteiger partial charge in [0.05, 0.1) is 6.04 Å². The van der Waals surface area contributed by atoms with Gasteiger partial charge in [-0.3, -0.25) is 4.68 Å². The van der Waals surface area contributed by atoms with Crippen LogP contribution in [0.15, 0.2) is 24.8 Å². The van der Waals surface area contributed by atoms with Gasteiger partial charge in [0, 0.05) is 11.4 Å². The van der Waals surface area contributed by atoms with E-state index in [4.69, 9.17) is 0 Å². The maximum Gasteiger partial charge on any atom is 0.0573 e. The van der Waals surface area contributed by atoms with Crippen molar-refractivity contribution < 1.29 is 0 Å². The van der Waals surface area contributed by atoms with Crippen LogP contribution in [0.2, 0.25) is 0 Å². The summed E-state index contributed by atoms with van der Waals surface area (Å²) in [5.41, 5.74) is 5.75. The van der Waals surface area contributed by atoms with E-state index in [-0.39, 0.29) is 0 Å². The van der Waals surface area contributed by atoms with Gasteiger partial charge in [-0.2, -0.15) is 0 Å². The molecule has 1 unspecified atom stereocenters. The summed E-state index contributed by atoms with van der Waals surface area (Å²) in [5.74, 6) is 0. The predicted octanol–water partition coefficient (Wildman–Crippen LogP) is 2.22.